The predicted octanol–water partition coefficient (Wildman–Crippen LogP) is 4.40. The molecule has 41 heavy (non-hydrogen) atoms. The molecule has 5 rings (SSSR count). The van der Waals surface area contributed by atoms with Crippen molar-refractivity contribution in [3.8, 4) is 0 Å². The van der Waals surface area contributed by atoms with Crippen LogP contribution < -0.4 is 5.32 Å². The Morgan fingerprint density at radius 3 is 2.49 bits per heavy atom. The summed E-state index contributed by atoms with van der Waals surface area (Å²) in [7, 11) is 1.29. The van der Waals surface area contributed by atoms with E-state index in [4.69, 9.17) is 4.74 Å². The second kappa shape index (κ2) is 11.7. The summed E-state index contributed by atoms with van der Waals surface area (Å²) in [6.07, 6.45) is 9.40. The normalized spacial score (nSPS) is 24.0. The molecule has 2 fully saturated rings. The number of aromatic nitrogens is 1. The largest absolute Gasteiger partial charge is 0.480 e. The number of allylic oxidation sites excluding steroid dienone is 1. The number of hydrogen-bond acceptors (Lipinski definition) is 6. The second-order valence-corrected chi connectivity index (χ2v) is 10.8. The molecule has 9 heteroatoms. The molecule has 4 unspecified atom stereocenters. The number of carbonyl (C=O) groups is 4. The molecule has 1 aromatic heterocycles. The molecule has 0 aliphatic carbocycles. The van der Waals surface area contributed by atoms with E-state index in [2.05, 4.69) is 23.3 Å². The third kappa shape index (κ3) is 5.06. The summed E-state index contributed by atoms with van der Waals surface area (Å²) < 4.78 is 4.80. The van der Waals surface area contributed by atoms with Gasteiger partial charge in [0, 0.05) is 36.1 Å². The van der Waals surface area contributed by atoms with Crippen molar-refractivity contribution in [1.82, 2.24) is 15.2 Å². The van der Waals surface area contributed by atoms with Gasteiger partial charge in [-0.3, -0.25) is 24.6 Å². The van der Waals surface area contributed by atoms with Gasteiger partial charge in [0.15, 0.2) is 0 Å². The molecule has 0 bridgehead atoms. The lowest BCUT2D eigenvalue weighted by Crippen LogP contribution is -2.57. The van der Waals surface area contributed by atoms with Crippen LogP contribution in [0.25, 0.3) is 10.9 Å². The van der Waals surface area contributed by atoms with E-state index in [1.807, 2.05) is 30.3 Å². The lowest BCUT2D eigenvalue weighted by Gasteiger charge is -2.31. The predicted molar refractivity (Wildman–Crippen MR) is 153 cm³/mol. The quantitative estimate of drug-likeness (QED) is 0.138. The number of nitrogens with one attached hydrogen (secondary N) is 2. The molecule has 4 atom stereocenters. The molecule has 2 saturated heterocycles. The fraction of sp³-hybridized carbons (Fsp3) is 0.375. The van der Waals surface area contributed by atoms with Gasteiger partial charge in [-0.2, -0.15) is 0 Å². The van der Waals surface area contributed by atoms with E-state index in [0.29, 0.717) is 17.5 Å². The zero-order chi connectivity index (χ0) is 29.1. The van der Waals surface area contributed by atoms with E-state index < -0.39 is 41.3 Å². The number of esters is 1. The third-order valence-electron chi connectivity index (χ3n) is 8.37. The van der Waals surface area contributed by atoms with Crippen LogP contribution in [0, 0.1) is 11.8 Å². The molecular weight excluding hydrogens is 522 g/mol. The van der Waals surface area contributed by atoms with E-state index >= 15 is 0 Å². The van der Waals surface area contributed by atoms with Gasteiger partial charge in [0.05, 0.1) is 24.5 Å². The van der Waals surface area contributed by atoms with Crippen molar-refractivity contribution in [3.05, 3.63) is 83.6 Å². The molecule has 2 aliphatic rings. The van der Waals surface area contributed by atoms with Crippen LogP contribution in [-0.2, 0) is 25.5 Å². The first-order valence-electron chi connectivity index (χ1n) is 14.1. The fourth-order valence-corrected chi connectivity index (χ4v) is 6.29. The Morgan fingerprint density at radius 2 is 1.78 bits per heavy atom. The molecule has 214 valence electrons. The van der Waals surface area contributed by atoms with Gasteiger partial charge in [-0.05, 0) is 42.2 Å². The van der Waals surface area contributed by atoms with Crippen molar-refractivity contribution in [2.75, 3.05) is 13.7 Å². The van der Waals surface area contributed by atoms with Gasteiger partial charge in [0.25, 0.3) is 0 Å². The molecule has 2 aromatic carbocycles. The monoisotopic (exact) mass is 557 g/mol. The zero-order valence-electron chi connectivity index (χ0n) is 23.3. The maximum atomic E-state index is 13.9. The van der Waals surface area contributed by atoms with E-state index in [0.717, 1.165) is 35.7 Å². The van der Waals surface area contributed by atoms with Crippen molar-refractivity contribution in [1.29, 1.82) is 0 Å². The highest BCUT2D eigenvalue weighted by Crippen LogP contribution is 2.50. The van der Waals surface area contributed by atoms with E-state index in [1.165, 1.54) is 12.0 Å². The van der Waals surface area contributed by atoms with Crippen molar-refractivity contribution in [2.45, 2.75) is 50.6 Å². The van der Waals surface area contributed by atoms with Gasteiger partial charge in [0.2, 0.25) is 11.8 Å². The maximum Gasteiger partial charge on any atom is 0.337 e. The standard InChI is InChI=1S/C32H35N3O6/c1-3-4-5-6-7-10-17-35-28(36)25-26(29(35)37)32(31(39)40,18-22-19-33-24-12-9-8-11-23(22)24)34-27(25)20-13-15-21(16-14-20)30(38)41-2/h6-9,11-16,19,25-27,33-34H,3-5,10,17-18H2,1-2H3,(H,39,40)/b7-6+. The summed E-state index contributed by atoms with van der Waals surface area (Å²) >= 11 is 0. The van der Waals surface area contributed by atoms with Crippen molar-refractivity contribution < 1.29 is 29.0 Å². The molecule has 0 saturated carbocycles. The summed E-state index contributed by atoms with van der Waals surface area (Å²) in [4.78, 5) is 57.4. The first-order valence-corrected chi connectivity index (χ1v) is 14.1. The smallest absolute Gasteiger partial charge is 0.337 e. The molecule has 3 heterocycles. The Morgan fingerprint density at radius 1 is 1.05 bits per heavy atom. The Labute approximate surface area is 238 Å². The number of methoxy groups -OCH3 is 1. The molecular formula is C32H35N3O6. The van der Waals surface area contributed by atoms with Gasteiger partial charge in [0.1, 0.15) is 5.54 Å². The topological polar surface area (TPSA) is 129 Å². The number of aliphatic carboxylic acids is 1. The summed E-state index contributed by atoms with van der Waals surface area (Å²) in [6, 6.07) is 13.4. The molecule has 3 aromatic rings. The van der Waals surface area contributed by atoms with E-state index in [-0.39, 0.29) is 18.9 Å². The molecule has 0 spiro atoms. The number of nitrogens with zero attached hydrogens (tertiary/aromatic N) is 1. The van der Waals surface area contributed by atoms with Crippen LogP contribution in [-0.4, -0.2) is 57.9 Å². The number of unbranched alkanes of at least 4 members (excludes halogenated alkanes) is 2. The Kier molecular flexibility index (Phi) is 8.08. The Bertz CT molecular complexity index is 1490. The average Bonchev–Trinajstić information content (AvgIpc) is 3.63. The van der Waals surface area contributed by atoms with Crippen molar-refractivity contribution in [2.24, 2.45) is 11.8 Å². The Balaban J connectivity index is 1.53. The number of aromatic amines is 1. The van der Waals surface area contributed by atoms with Gasteiger partial charge in [-0.1, -0.05) is 62.2 Å². The van der Waals surface area contributed by atoms with Gasteiger partial charge in [-0.25, -0.2) is 4.79 Å². The number of H-pyrrole nitrogens is 1. The maximum absolute atomic E-state index is 13.9. The molecule has 9 nitrogen and oxygen atoms in total. The highest BCUT2D eigenvalue weighted by molar-refractivity contribution is 6.09. The van der Waals surface area contributed by atoms with Gasteiger partial charge in [-0.15, -0.1) is 0 Å². The number of hydrogen-bond donors (Lipinski definition) is 3. The fourth-order valence-electron chi connectivity index (χ4n) is 6.29. The lowest BCUT2D eigenvalue weighted by molar-refractivity contribution is -0.151. The van der Waals surface area contributed by atoms with Crippen LogP contribution in [0.2, 0.25) is 0 Å². The van der Waals surface area contributed by atoms with Crippen LogP contribution in [0.1, 0.15) is 60.1 Å². The minimum Gasteiger partial charge on any atom is -0.480 e. The first-order chi connectivity index (χ1) is 19.8. The van der Waals surface area contributed by atoms with Gasteiger partial charge >= 0.3 is 11.9 Å². The molecule has 3 N–H and O–H groups in total. The lowest BCUT2D eigenvalue weighted by atomic mass is 9.76. The van der Waals surface area contributed by atoms with E-state index in [9.17, 15) is 24.3 Å². The number of carbonyl (C=O) groups excluding carboxylic acids is 3. The van der Waals surface area contributed by atoms with Crippen LogP contribution in [0.15, 0.2) is 66.9 Å². The van der Waals surface area contributed by atoms with Crippen LogP contribution in [0.3, 0.4) is 0 Å². The molecule has 2 aliphatic heterocycles. The number of benzene rings is 2. The SMILES string of the molecule is CCCC/C=C/CCN1C(=O)C2C(c3ccc(C(=O)OC)cc3)NC(Cc3c[nH]c4ccccc34)(C(=O)O)C2C1=O. The summed E-state index contributed by atoms with van der Waals surface area (Å²) in [5.74, 6) is -4.54. The number of rotatable bonds is 11. The second-order valence-electron chi connectivity index (χ2n) is 10.8. The highest BCUT2D eigenvalue weighted by atomic mass is 16.5. The summed E-state index contributed by atoms with van der Waals surface area (Å²) in [5, 5.41) is 14.9. The van der Waals surface area contributed by atoms with Crippen LogP contribution in [0.4, 0.5) is 0 Å². The number of carboxylic acid groups (broad SMARTS) is 1. The number of likely N-dealkylation sites (tertiary alicyclic amines) is 1. The van der Waals surface area contributed by atoms with Crippen molar-refractivity contribution in [3.63, 3.8) is 0 Å². The third-order valence-corrected chi connectivity index (χ3v) is 8.37. The number of imide groups is 1. The molecule has 0 radical (unpaired) electrons. The minimum absolute atomic E-state index is 0.00797. The number of ether oxygens (including phenoxy) is 1. The zero-order valence-corrected chi connectivity index (χ0v) is 23.3. The minimum atomic E-state index is -1.72. The summed E-state index contributed by atoms with van der Waals surface area (Å²) in [6.45, 7) is 2.32. The number of amides is 2. The van der Waals surface area contributed by atoms with E-state index in [1.54, 1.807) is 30.5 Å². The summed E-state index contributed by atoms with van der Waals surface area (Å²) in [5.41, 5.74) is 0.836. The Hall–Kier alpha value is -4.24. The highest BCUT2D eigenvalue weighted by Gasteiger charge is 2.68. The number of para-hydroxylation sites is 1. The first kappa shape index (κ1) is 28.3. The number of carboxylic acids is 1. The van der Waals surface area contributed by atoms with Gasteiger partial charge < -0.3 is 14.8 Å². The van der Waals surface area contributed by atoms with Crippen LogP contribution >= 0.6 is 0 Å². The average molecular weight is 558 g/mol. The van der Waals surface area contributed by atoms with Crippen molar-refractivity contribution >= 4 is 34.7 Å². The molecule has 2 amide bonds. The van der Waals surface area contributed by atoms with Crippen LogP contribution in [0.5, 0.6) is 0 Å². The number of fused-ring (bicyclic) bond motifs is 2.